The molecule has 0 saturated heterocycles. The molecular formula is C21H24N2O5. The number of amides is 2. The summed E-state index contributed by atoms with van der Waals surface area (Å²) in [5.41, 5.74) is 1.35. The highest BCUT2D eigenvalue weighted by molar-refractivity contribution is 5.94. The first-order valence-electron chi connectivity index (χ1n) is 9.43. The lowest BCUT2D eigenvalue weighted by atomic mass is 9.81. The highest BCUT2D eigenvalue weighted by atomic mass is 16.4. The SMILES string of the molecule is O=C(NCc1ccco1)c1cccc(CNC(=O)C2CCC(C(=O)O)CC2)c1. The van der Waals surface area contributed by atoms with E-state index in [-0.39, 0.29) is 23.7 Å². The second-order valence-electron chi connectivity index (χ2n) is 7.07. The minimum atomic E-state index is -0.777. The fraction of sp³-hybridized carbons (Fsp3) is 0.381. The molecule has 0 bridgehead atoms. The van der Waals surface area contributed by atoms with Crippen molar-refractivity contribution in [3.8, 4) is 0 Å². The molecule has 0 spiro atoms. The van der Waals surface area contributed by atoms with Crippen molar-refractivity contribution in [3.63, 3.8) is 0 Å². The number of nitrogens with one attached hydrogen (secondary N) is 2. The van der Waals surface area contributed by atoms with Gasteiger partial charge in [0.05, 0.1) is 18.7 Å². The van der Waals surface area contributed by atoms with E-state index in [1.165, 1.54) is 0 Å². The van der Waals surface area contributed by atoms with Gasteiger partial charge in [-0.05, 0) is 55.5 Å². The van der Waals surface area contributed by atoms with Gasteiger partial charge in [0.1, 0.15) is 5.76 Å². The molecule has 0 radical (unpaired) electrons. The summed E-state index contributed by atoms with van der Waals surface area (Å²) in [5.74, 6) is -0.848. The fourth-order valence-electron chi connectivity index (χ4n) is 3.44. The maximum atomic E-state index is 12.4. The number of aliphatic carboxylic acids is 1. The van der Waals surface area contributed by atoms with Gasteiger partial charge in [-0.15, -0.1) is 0 Å². The summed E-state index contributed by atoms with van der Waals surface area (Å²) in [6.45, 7) is 0.642. The van der Waals surface area contributed by atoms with Crippen LogP contribution in [0.15, 0.2) is 47.1 Å². The molecule has 0 aliphatic heterocycles. The summed E-state index contributed by atoms with van der Waals surface area (Å²) >= 11 is 0. The lowest BCUT2D eigenvalue weighted by Gasteiger charge is -2.25. The Morgan fingerprint density at radius 1 is 0.964 bits per heavy atom. The number of carboxylic acids is 1. The zero-order valence-electron chi connectivity index (χ0n) is 15.5. The van der Waals surface area contributed by atoms with E-state index in [4.69, 9.17) is 9.52 Å². The molecule has 1 saturated carbocycles. The smallest absolute Gasteiger partial charge is 0.306 e. The van der Waals surface area contributed by atoms with Crippen molar-refractivity contribution >= 4 is 17.8 Å². The zero-order chi connectivity index (χ0) is 19.9. The number of benzene rings is 1. The van der Waals surface area contributed by atoms with Gasteiger partial charge in [-0.25, -0.2) is 0 Å². The minimum Gasteiger partial charge on any atom is -0.481 e. The largest absolute Gasteiger partial charge is 0.481 e. The van der Waals surface area contributed by atoms with Crippen LogP contribution < -0.4 is 10.6 Å². The average Bonchev–Trinajstić information content (AvgIpc) is 3.24. The minimum absolute atomic E-state index is 0.0588. The molecular weight excluding hydrogens is 360 g/mol. The molecule has 7 nitrogen and oxygen atoms in total. The number of carbonyl (C=O) groups is 3. The van der Waals surface area contributed by atoms with Crippen molar-refractivity contribution in [2.75, 3.05) is 0 Å². The summed E-state index contributed by atoms with van der Waals surface area (Å²) < 4.78 is 5.19. The van der Waals surface area contributed by atoms with Crippen molar-refractivity contribution in [1.82, 2.24) is 10.6 Å². The molecule has 0 unspecified atom stereocenters. The number of rotatable bonds is 7. The second kappa shape index (κ2) is 9.21. The Labute approximate surface area is 163 Å². The number of hydrogen-bond acceptors (Lipinski definition) is 4. The Morgan fingerprint density at radius 3 is 2.39 bits per heavy atom. The van der Waals surface area contributed by atoms with E-state index in [9.17, 15) is 14.4 Å². The first-order chi connectivity index (χ1) is 13.5. The Kier molecular flexibility index (Phi) is 6.47. The van der Waals surface area contributed by atoms with Crippen LogP contribution in [0.1, 0.15) is 47.4 Å². The Hall–Kier alpha value is -3.09. The first kappa shape index (κ1) is 19.7. The first-order valence-corrected chi connectivity index (χ1v) is 9.43. The van der Waals surface area contributed by atoms with Crippen molar-refractivity contribution in [1.29, 1.82) is 0 Å². The lowest BCUT2D eigenvalue weighted by Crippen LogP contribution is -2.34. The number of carbonyl (C=O) groups excluding carboxylic acids is 2. The summed E-state index contributed by atoms with van der Waals surface area (Å²) in [4.78, 5) is 35.6. The molecule has 148 valence electrons. The van der Waals surface area contributed by atoms with Crippen LogP contribution in [0.2, 0.25) is 0 Å². The zero-order valence-corrected chi connectivity index (χ0v) is 15.5. The highest BCUT2D eigenvalue weighted by Gasteiger charge is 2.29. The van der Waals surface area contributed by atoms with Crippen LogP contribution in [0.4, 0.5) is 0 Å². The van der Waals surface area contributed by atoms with Gasteiger partial charge >= 0.3 is 5.97 Å². The van der Waals surface area contributed by atoms with Crippen LogP contribution in [0, 0.1) is 11.8 Å². The van der Waals surface area contributed by atoms with Gasteiger partial charge in [-0.2, -0.15) is 0 Å². The summed E-state index contributed by atoms with van der Waals surface area (Å²) in [6.07, 6.45) is 3.83. The molecule has 1 aromatic carbocycles. The van der Waals surface area contributed by atoms with Gasteiger partial charge in [0, 0.05) is 18.0 Å². The third-order valence-corrected chi connectivity index (χ3v) is 5.11. The van der Waals surface area contributed by atoms with E-state index in [2.05, 4.69) is 10.6 Å². The van der Waals surface area contributed by atoms with Gasteiger partial charge in [-0.3, -0.25) is 14.4 Å². The fourth-order valence-corrected chi connectivity index (χ4v) is 3.44. The molecule has 7 heteroatoms. The van der Waals surface area contributed by atoms with Gasteiger partial charge in [-0.1, -0.05) is 12.1 Å². The molecule has 1 aliphatic carbocycles. The molecule has 2 amide bonds. The Bertz CT molecular complexity index is 823. The van der Waals surface area contributed by atoms with Crippen LogP contribution in [-0.4, -0.2) is 22.9 Å². The maximum Gasteiger partial charge on any atom is 0.306 e. The van der Waals surface area contributed by atoms with Crippen LogP contribution in [0.5, 0.6) is 0 Å². The van der Waals surface area contributed by atoms with Gasteiger partial charge in [0.15, 0.2) is 0 Å². The average molecular weight is 384 g/mol. The molecule has 1 fully saturated rings. The molecule has 1 aliphatic rings. The van der Waals surface area contributed by atoms with Gasteiger partial charge < -0.3 is 20.2 Å². The molecule has 3 rings (SSSR count). The maximum absolute atomic E-state index is 12.4. The van der Waals surface area contributed by atoms with Gasteiger partial charge in [0.2, 0.25) is 5.91 Å². The van der Waals surface area contributed by atoms with Crippen LogP contribution >= 0.6 is 0 Å². The molecule has 1 heterocycles. The number of furan rings is 1. The third kappa shape index (κ3) is 5.22. The summed E-state index contributed by atoms with van der Waals surface area (Å²) in [6, 6.07) is 10.6. The van der Waals surface area contributed by atoms with Crippen molar-refractivity contribution < 1.29 is 23.9 Å². The van der Waals surface area contributed by atoms with Crippen molar-refractivity contribution in [2.45, 2.75) is 38.8 Å². The molecule has 3 N–H and O–H groups in total. The summed E-state index contributed by atoms with van der Waals surface area (Å²) in [5, 5.41) is 14.7. The van der Waals surface area contributed by atoms with E-state index in [0.29, 0.717) is 50.1 Å². The lowest BCUT2D eigenvalue weighted by molar-refractivity contribution is -0.144. The van der Waals surface area contributed by atoms with Crippen LogP contribution in [0.3, 0.4) is 0 Å². The summed E-state index contributed by atoms with van der Waals surface area (Å²) in [7, 11) is 0. The molecule has 2 aromatic rings. The predicted molar refractivity (Wildman–Crippen MR) is 101 cm³/mol. The van der Waals surface area contributed by atoms with Gasteiger partial charge in [0.25, 0.3) is 5.91 Å². The van der Waals surface area contributed by atoms with Crippen LogP contribution in [-0.2, 0) is 22.7 Å². The third-order valence-electron chi connectivity index (χ3n) is 5.11. The van der Waals surface area contributed by atoms with E-state index in [1.807, 2.05) is 6.07 Å². The number of hydrogen-bond donors (Lipinski definition) is 3. The molecule has 28 heavy (non-hydrogen) atoms. The monoisotopic (exact) mass is 384 g/mol. The quantitative estimate of drug-likeness (QED) is 0.680. The normalized spacial score (nSPS) is 19.0. The second-order valence-corrected chi connectivity index (χ2v) is 7.07. The molecule has 0 atom stereocenters. The van der Waals surface area contributed by atoms with Crippen LogP contribution in [0.25, 0.3) is 0 Å². The van der Waals surface area contributed by atoms with E-state index >= 15 is 0 Å². The standard InChI is InChI=1S/C21H24N2O5/c24-19(15-6-8-16(9-7-15)21(26)27)22-12-14-3-1-4-17(11-14)20(25)23-13-18-5-2-10-28-18/h1-5,10-11,15-16H,6-9,12-13H2,(H,22,24)(H,23,25)(H,26,27). The topological polar surface area (TPSA) is 109 Å². The van der Waals surface area contributed by atoms with Crippen molar-refractivity contribution in [2.24, 2.45) is 11.8 Å². The predicted octanol–water partition coefficient (Wildman–Crippen LogP) is 2.72. The van der Waals surface area contributed by atoms with E-state index < -0.39 is 5.97 Å². The Balaban J connectivity index is 1.48. The number of carboxylic acid groups (broad SMARTS) is 1. The van der Waals surface area contributed by atoms with Crippen molar-refractivity contribution in [3.05, 3.63) is 59.5 Å². The van der Waals surface area contributed by atoms with E-state index in [1.54, 1.807) is 36.6 Å². The van der Waals surface area contributed by atoms with E-state index in [0.717, 1.165) is 5.56 Å². The highest BCUT2D eigenvalue weighted by Crippen LogP contribution is 2.29. The molecule has 1 aromatic heterocycles. The Morgan fingerprint density at radius 2 is 1.71 bits per heavy atom.